The van der Waals surface area contributed by atoms with Gasteiger partial charge in [0.05, 0.1) is 0 Å². The number of aryl methyl sites for hydroxylation is 1. The van der Waals surface area contributed by atoms with Crippen molar-refractivity contribution < 1.29 is 0 Å². The predicted octanol–water partition coefficient (Wildman–Crippen LogP) is 1.24. The maximum absolute atomic E-state index is 2.36. The fourth-order valence-electron chi connectivity index (χ4n) is 1.69. The molecule has 0 saturated carbocycles. The third-order valence-electron chi connectivity index (χ3n) is 2.28. The van der Waals surface area contributed by atoms with Crippen LogP contribution < -0.4 is 0 Å². The number of hydrogen-bond acceptors (Lipinski definition) is 1. The van der Waals surface area contributed by atoms with Crippen molar-refractivity contribution in [1.82, 2.24) is 9.47 Å². The van der Waals surface area contributed by atoms with Crippen molar-refractivity contribution in [2.75, 3.05) is 13.6 Å². The third-order valence-corrected chi connectivity index (χ3v) is 2.28. The zero-order valence-electron chi connectivity index (χ0n) is 7.17. The van der Waals surface area contributed by atoms with Crippen LogP contribution in [0.3, 0.4) is 0 Å². The average Bonchev–Trinajstić information content (AvgIpc) is 2.27. The second kappa shape index (κ2) is 2.38. The molecule has 2 nitrogen and oxygen atoms in total. The molecule has 0 atom stereocenters. The van der Waals surface area contributed by atoms with Gasteiger partial charge in [-0.1, -0.05) is 0 Å². The maximum Gasteiger partial charge on any atom is 0.0384 e. The largest absolute Gasteiger partial charge is 0.349 e. The van der Waals surface area contributed by atoms with Crippen LogP contribution in [-0.4, -0.2) is 23.1 Å². The van der Waals surface area contributed by atoms with Gasteiger partial charge in [-0.3, -0.25) is 4.90 Å². The summed E-state index contributed by atoms with van der Waals surface area (Å²) < 4.78 is 2.36. The molecule has 11 heavy (non-hydrogen) atoms. The summed E-state index contributed by atoms with van der Waals surface area (Å²) in [5.41, 5.74) is 2.84. The van der Waals surface area contributed by atoms with Crippen molar-refractivity contribution in [3.8, 4) is 0 Å². The molecule has 0 radical (unpaired) electrons. The molecule has 0 aliphatic carbocycles. The van der Waals surface area contributed by atoms with Crippen LogP contribution in [0.1, 0.15) is 11.3 Å². The Balaban J connectivity index is 2.34. The molecule has 2 heterocycles. The van der Waals surface area contributed by atoms with Crippen molar-refractivity contribution in [3.63, 3.8) is 0 Å². The van der Waals surface area contributed by atoms with Crippen molar-refractivity contribution in [2.24, 2.45) is 0 Å². The van der Waals surface area contributed by atoms with Crippen molar-refractivity contribution in [3.05, 3.63) is 23.5 Å². The SMILES string of the molecule is Cc1cc2n(c1)CCN(C)C2. The molecule has 0 aromatic carbocycles. The molecular formula is C9H14N2. The molecule has 0 bridgehead atoms. The molecule has 1 aromatic rings. The monoisotopic (exact) mass is 150 g/mol. The Labute approximate surface area is 67.4 Å². The molecule has 0 N–H and O–H groups in total. The first-order chi connectivity index (χ1) is 5.25. The Morgan fingerprint density at radius 3 is 3.00 bits per heavy atom. The minimum absolute atomic E-state index is 1.10. The zero-order valence-corrected chi connectivity index (χ0v) is 7.17. The lowest BCUT2D eigenvalue weighted by Gasteiger charge is -2.24. The van der Waals surface area contributed by atoms with Crippen LogP contribution in [0.5, 0.6) is 0 Å². The van der Waals surface area contributed by atoms with E-state index in [1.54, 1.807) is 0 Å². The van der Waals surface area contributed by atoms with Crippen LogP contribution in [0.15, 0.2) is 12.3 Å². The van der Waals surface area contributed by atoms with E-state index < -0.39 is 0 Å². The van der Waals surface area contributed by atoms with Gasteiger partial charge in [-0.05, 0) is 25.6 Å². The molecule has 0 saturated heterocycles. The molecule has 0 unspecified atom stereocenters. The second-order valence-corrected chi connectivity index (χ2v) is 3.44. The number of aromatic nitrogens is 1. The highest BCUT2D eigenvalue weighted by Gasteiger charge is 2.11. The molecule has 60 valence electrons. The number of likely N-dealkylation sites (N-methyl/N-ethyl adjacent to an activating group) is 1. The Bertz CT molecular complexity index is 263. The Kier molecular flexibility index (Phi) is 1.50. The summed E-state index contributed by atoms with van der Waals surface area (Å²) in [5, 5.41) is 0. The summed E-state index contributed by atoms with van der Waals surface area (Å²) in [6.45, 7) is 5.60. The number of fused-ring (bicyclic) bond motifs is 1. The molecule has 0 fully saturated rings. The van der Waals surface area contributed by atoms with E-state index in [1.165, 1.54) is 17.8 Å². The van der Waals surface area contributed by atoms with Crippen molar-refractivity contribution in [1.29, 1.82) is 0 Å². The van der Waals surface area contributed by atoms with Crippen molar-refractivity contribution in [2.45, 2.75) is 20.0 Å². The smallest absolute Gasteiger partial charge is 0.0384 e. The quantitative estimate of drug-likeness (QED) is 0.540. The summed E-state index contributed by atoms with van der Waals surface area (Å²) in [7, 11) is 2.17. The first kappa shape index (κ1) is 6.92. The fraction of sp³-hybridized carbons (Fsp3) is 0.556. The van der Waals surface area contributed by atoms with Crippen LogP contribution in [0.25, 0.3) is 0 Å². The minimum atomic E-state index is 1.10. The van der Waals surface area contributed by atoms with Crippen molar-refractivity contribution >= 4 is 0 Å². The summed E-state index contributed by atoms with van der Waals surface area (Å²) in [4.78, 5) is 2.36. The van der Waals surface area contributed by atoms with Gasteiger partial charge in [0.2, 0.25) is 0 Å². The fourth-order valence-corrected chi connectivity index (χ4v) is 1.69. The van der Waals surface area contributed by atoms with Gasteiger partial charge in [-0.15, -0.1) is 0 Å². The first-order valence-corrected chi connectivity index (χ1v) is 4.10. The zero-order chi connectivity index (χ0) is 7.84. The molecule has 0 spiro atoms. The van der Waals surface area contributed by atoms with Crippen LogP contribution >= 0.6 is 0 Å². The lowest BCUT2D eigenvalue weighted by Crippen LogP contribution is -2.29. The molecule has 1 aliphatic rings. The molecule has 1 aliphatic heterocycles. The van der Waals surface area contributed by atoms with Gasteiger partial charge in [-0.25, -0.2) is 0 Å². The average molecular weight is 150 g/mol. The first-order valence-electron chi connectivity index (χ1n) is 4.10. The van der Waals surface area contributed by atoms with Gasteiger partial charge in [-0.2, -0.15) is 0 Å². The van der Waals surface area contributed by atoms with E-state index in [0.29, 0.717) is 0 Å². The summed E-state index contributed by atoms with van der Waals surface area (Å²) in [6, 6.07) is 2.27. The standard InChI is InChI=1S/C9H14N2/c1-8-5-9-7-10(2)3-4-11(9)6-8/h5-6H,3-4,7H2,1-2H3. The predicted molar refractivity (Wildman–Crippen MR) is 45.5 cm³/mol. The number of nitrogens with zero attached hydrogens (tertiary/aromatic N) is 2. The normalized spacial score (nSPS) is 18.4. The molecule has 1 aromatic heterocycles. The van der Waals surface area contributed by atoms with Crippen LogP contribution in [0, 0.1) is 6.92 Å². The van der Waals surface area contributed by atoms with Gasteiger partial charge in [0.1, 0.15) is 0 Å². The summed E-state index contributed by atoms with van der Waals surface area (Å²) in [5.74, 6) is 0. The number of hydrogen-bond donors (Lipinski definition) is 0. The van der Waals surface area contributed by atoms with Gasteiger partial charge < -0.3 is 4.57 Å². The topological polar surface area (TPSA) is 8.17 Å². The highest BCUT2D eigenvalue weighted by molar-refractivity contribution is 5.18. The lowest BCUT2D eigenvalue weighted by atomic mass is 10.3. The number of rotatable bonds is 0. The van der Waals surface area contributed by atoms with Gasteiger partial charge in [0.25, 0.3) is 0 Å². The van der Waals surface area contributed by atoms with E-state index in [2.05, 4.69) is 35.7 Å². The van der Waals surface area contributed by atoms with E-state index in [1.807, 2.05) is 0 Å². The summed E-state index contributed by atoms with van der Waals surface area (Å²) >= 11 is 0. The van der Waals surface area contributed by atoms with E-state index in [-0.39, 0.29) is 0 Å². The Hall–Kier alpha value is -0.760. The van der Waals surface area contributed by atoms with Crippen LogP contribution in [-0.2, 0) is 13.1 Å². The molecule has 0 amide bonds. The van der Waals surface area contributed by atoms with Gasteiger partial charge in [0, 0.05) is 31.5 Å². The Morgan fingerprint density at radius 1 is 1.36 bits per heavy atom. The third kappa shape index (κ3) is 1.18. The van der Waals surface area contributed by atoms with Gasteiger partial charge >= 0.3 is 0 Å². The Morgan fingerprint density at radius 2 is 2.18 bits per heavy atom. The lowest BCUT2D eigenvalue weighted by molar-refractivity contribution is 0.270. The minimum Gasteiger partial charge on any atom is -0.349 e. The molecular weight excluding hydrogens is 136 g/mol. The van der Waals surface area contributed by atoms with Crippen LogP contribution in [0.4, 0.5) is 0 Å². The highest BCUT2D eigenvalue weighted by Crippen LogP contribution is 2.13. The van der Waals surface area contributed by atoms with E-state index >= 15 is 0 Å². The molecule has 2 heteroatoms. The van der Waals surface area contributed by atoms with Gasteiger partial charge in [0.15, 0.2) is 0 Å². The maximum atomic E-state index is 2.36. The van der Waals surface area contributed by atoms with Crippen LogP contribution in [0.2, 0.25) is 0 Å². The second-order valence-electron chi connectivity index (χ2n) is 3.44. The van der Waals surface area contributed by atoms with E-state index in [0.717, 1.165) is 13.1 Å². The summed E-state index contributed by atoms with van der Waals surface area (Å²) in [6.07, 6.45) is 2.24. The highest BCUT2D eigenvalue weighted by atomic mass is 15.2. The molecule has 2 rings (SSSR count). The van der Waals surface area contributed by atoms with E-state index in [9.17, 15) is 0 Å². The van der Waals surface area contributed by atoms with E-state index in [4.69, 9.17) is 0 Å².